The number of nitrogens with zero attached hydrogens (tertiary/aromatic N) is 2. The first-order chi connectivity index (χ1) is 14.8. The predicted molar refractivity (Wildman–Crippen MR) is 128 cm³/mol. The van der Waals surface area contributed by atoms with Crippen LogP contribution in [0.1, 0.15) is 27.9 Å². The number of nitrogens with two attached hydrogens (primary N) is 1. The third kappa shape index (κ3) is 6.26. The molecule has 2 amide bonds. The molecule has 31 heavy (non-hydrogen) atoms. The van der Waals surface area contributed by atoms with Crippen molar-refractivity contribution >= 4 is 40.5 Å². The second kappa shape index (κ2) is 10.4. The quantitative estimate of drug-likeness (QED) is 0.621. The third-order valence-electron chi connectivity index (χ3n) is 5.37. The van der Waals surface area contributed by atoms with Gasteiger partial charge in [0, 0.05) is 43.1 Å². The Morgan fingerprint density at radius 3 is 2.42 bits per heavy atom. The maximum Gasteiger partial charge on any atom is 0.253 e. The van der Waals surface area contributed by atoms with E-state index in [1.165, 1.54) is 0 Å². The predicted octanol–water partition coefficient (Wildman–Crippen LogP) is 2.75. The molecule has 164 valence electrons. The van der Waals surface area contributed by atoms with Crippen molar-refractivity contribution in [1.82, 2.24) is 9.80 Å². The van der Waals surface area contributed by atoms with E-state index in [0.29, 0.717) is 37.4 Å². The third-order valence-corrected chi connectivity index (χ3v) is 5.47. The molecule has 7 nitrogen and oxygen atoms in total. The van der Waals surface area contributed by atoms with Crippen LogP contribution < -0.4 is 16.4 Å². The number of nitrogens with one attached hydrogen (secondary N) is 2. The maximum atomic E-state index is 13.0. The van der Waals surface area contributed by atoms with Crippen LogP contribution in [0.5, 0.6) is 0 Å². The van der Waals surface area contributed by atoms with Gasteiger partial charge in [-0.1, -0.05) is 24.3 Å². The van der Waals surface area contributed by atoms with Gasteiger partial charge in [0.15, 0.2) is 5.11 Å². The van der Waals surface area contributed by atoms with E-state index < -0.39 is 0 Å². The summed E-state index contributed by atoms with van der Waals surface area (Å²) >= 11 is 4.87. The molecule has 2 aromatic rings. The summed E-state index contributed by atoms with van der Waals surface area (Å²) in [5, 5.41) is 6.06. The normalized spacial score (nSPS) is 14.6. The fraction of sp³-hybridized carbons (Fsp3) is 0.348. The molecule has 0 bridgehead atoms. The van der Waals surface area contributed by atoms with Crippen molar-refractivity contribution in [2.75, 3.05) is 43.4 Å². The minimum atomic E-state index is -0.0339. The van der Waals surface area contributed by atoms with Crippen LogP contribution in [0.3, 0.4) is 0 Å². The topological polar surface area (TPSA) is 90.7 Å². The number of carbonyl (C=O) groups excluding carboxylic acids is 2. The number of thiocarbonyl (C=S) groups is 1. The van der Waals surface area contributed by atoms with Crippen LogP contribution in [0.2, 0.25) is 0 Å². The number of carbonyl (C=O) groups is 2. The number of rotatable bonds is 5. The Labute approximate surface area is 188 Å². The molecule has 1 saturated heterocycles. The number of hydrogen-bond donors (Lipinski definition) is 3. The highest BCUT2D eigenvalue weighted by molar-refractivity contribution is 7.80. The summed E-state index contributed by atoms with van der Waals surface area (Å²) in [6.07, 6.45) is 0.813. The van der Waals surface area contributed by atoms with Gasteiger partial charge >= 0.3 is 0 Å². The van der Waals surface area contributed by atoms with E-state index in [2.05, 4.69) is 15.5 Å². The Morgan fingerprint density at radius 1 is 1.00 bits per heavy atom. The molecule has 0 spiro atoms. The molecule has 8 heteroatoms. The van der Waals surface area contributed by atoms with E-state index >= 15 is 0 Å². The van der Waals surface area contributed by atoms with Crippen molar-refractivity contribution in [3.63, 3.8) is 0 Å². The number of para-hydroxylation sites is 1. The first-order valence-electron chi connectivity index (χ1n) is 10.4. The SMILES string of the molecule is Cc1cccc(C)c1NC(=O)CN1CCCN(C(=O)c2cccc(NC(N)=S)c2)CC1. The molecular formula is C23H29N5O2S. The molecule has 0 saturated carbocycles. The van der Waals surface area contributed by atoms with E-state index in [-0.39, 0.29) is 16.9 Å². The van der Waals surface area contributed by atoms with Gasteiger partial charge in [-0.2, -0.15) is 0 Å². The summed E-state index contributed by atoms with van der Waals surface area (Å²) in [4.78, 5) is 29.5. The van der Waals surface area contributed by atoms with E-state index in [1.54, 1.807) is 18.2 Å². The van der Waals surface area contributed by atoms with Gasteiger partial charge in [0.1, 0.15) is 0 Å². The molecule has 4 N–H and O–H groups in total. The van der Waals surface area contributed by atoms with Gasteiger partial charge < -0.3 is 21.3 Å². The van der Waals surface area contributed by atoms with Crippen LogP contribution in [-0.2, 0) is 4.79 Å². The van der Waals surface area contributed by atoms with Gasteiger partial charge in [-0.25, -0.2) is 0 Å². The summed E-state index contributed by atoms with van der Waals surface area (Å²) in [6, 6.07) is 13.1. The second-order valence-electron chi connectivity index (χ2n) is 7.81. The molecule has 1 fully saturated rings. The molecule has 3 rings (SSSR count). The first kappa shape index (κ1) is 22.7. The average molecular weight is 440 g/mol. The van der Waals surface area contributed by atoms with Gasteiger partial charge in [-0.05, 0) is 61.8 Å². The van der Waals surface area contributed by atoms with Crippen molar-refractivity contribution < 1.29 is 9.59 Å². The average Bonchev–Trinajstić information content (AvgIpc) is 2.95. The lowest BCUT2D eigenvalue weighted by molar-refractivity contribution is -0.117. The fourth-order valence-corrected chi connectivity index (χ4v) is 3.90. The number of benzene rings is 2. The lowest BCUT2D eigenvalue weighted by Gasteiger charge is -2.22. The van der Waals surface area contributed by atoms with Crippen LogP contribution in [-0.4, -0.2) is 59.5 Å². The Balaban J connectivity index is 1.57. The smallest absolute Gasteiger partial charge is 0.253 e. The Kier molecular flexibility index (Phi) is 7.59. The number of amides is 2. The first-order valence-corrected chi connectivity index (χ1v) is 10.8. The summed E-state index contributed by atoms with van der Waals surface area (Å²) in [5.41, 5.74) is 9.78. The zero-order chi connectivity index (χ0) is 22.4. The van der Waals surface area contributed by atoms with Crippen molar-refractivity contribution in [2.24, 2.45) is 5.73 Å². The van der Waals surface area contributed by atoms with Crippen LogP contribution >= 0.6 is 12.2 Å². The Morgan fingerprint density at radius 2 is 1.71 bits per heavy atom. The van der Waals surface area contributed by atoms with Crippen molar-refractivity contribution in [3.05, 3.63) is 59.2 Å². The largest absolute Gasteiger partial charge is 0.376 e. The molecule has 1 aliphatic heterocycles. The highest BCUT2D eigenvalue weighted by atomic mass is 32.1. The Bertz CT molecular complexity index is 958. The number of anilines is 2. The monoisotopic (exact) mass is 439 g/mol. The van der Waals surface area contributed by atoms with Crippen molar-refractivity contribution in [1.29, 1.82) is 0 Å². The fourth-order valence-electron chi connectivity index (χ4n) is 3.78. The van der Waals surface area contributed by atoms with Crippen LogP contribution in [0.15, 0.2) is 42.5 Å². The minimum absolute atomic E-state index is 0.0336. The van der Waals surface area contributed by atoms with E-state index in [4.69, 9.17) is 18.0 Å². The van der Waals surface area contributed by atoms with Crippen molar-refractivity contribution in [2.45, 2.75) is 20.3 Å². The number of aryl methyl sites for hydroxylation is 2. The van der Waals surface area contributed by atoms with Gasteiger partial charge in [-0.15, -0.1) is 0 Å². The lowest BCUT2D eigenvalue weighted by atomic mass is 10.1. The highest BCUT2D eigenvalue weighted by Crippen LogP contribution is 2.19. The lowest BCUT2D eigenvalue weighted by Crippen LogP contribution is -2.38. The second-order valence-corrected chi connectivity index (χ2v) is 8.25. The standard InChI is InChI=1S/C23H29N5O2S/c1-16-6-3-7-17(2)21(16)26-20(29)15-27-10-5-11-28(13-12-27)22(30)18-8-4-9-19(14-18)25-23(24)31/h3-4,6-9,14H,5,10-13,15H2,1-2H3,(H,26,29)(H3,24,25,31). The van der Waals surface area contributed by atoms with E-state index in [0.717, 1.165) is 29.8 Å². The zero-order valence-corrected chi connectivity index (χ0v) is 18.8. The molecule has 2 aromatic carbocycles. The molecule has 1 aliphatic rings. The summed E-state index contributed by atoms with van der Waals surface area (Å²) in [5.74, 6) is -0.0675. The van der Waals surface area contributed by atoms with E-state index in [9.17, 15) is 9.59 Å². The molecule has 0 aromatic heterocycles. The van der Waals surface area contributed by atoms with Gasteiger partial charge in [0.2, 0.25) is 5.91 Å². The van der Waals surface area contributed by atoms with Gasteiger partial charge in [-0.3, -0.25) is 14.5 Å². The zero-order valence-electron chi connectivity index (χ0n) is 18.0. The molecule has 1 heterocycles. The minimum Gasteiger partial charge on any atom is -0.376 e. The summed E-state index contributed by atoms with van der Waals surface area (Å²) in [6.45, 7) is 6.93. The van der Waals surface area contributed by atoms with E-state index in [1.807, 2.05) is 43.0 Å². The summed E-state index contributed by atoms with van der Waals surface area (Å²) in [7, 11) is 0. The molecule has 0 unspecified atom stereocenters. The van der Waals surface area contributed by atoms with Gasteiger partial charge in [0.05, 0.1) is 6.54 Å². The Hall–Kier alpha value is -2.97. The molecule has 0 atom stereocenters. The maximum absolute atomic E-state index is 13.0. The van der Waals surface area contributed by atoms with Crippen LogP contribution in [0, 0.1) is 13.8 Å². The molecular weight excluding hydrogens is 410 g/mol. The number of hydrogen-bond acceptors (Lipinski definition) is 4. The van der Waals surface area contributed by atoms with Crippen LogP contribution in [0.4, 0.5) is 11.4 Å². The summed E-state index contributed by atoms with van der Waals surface area (Å²) < 4.78 is 0. The highest BCUT2D eigenvalue weighted by Gasteiger charge is 2.22. The molecule has 0 radical (unpaired) electrons. The van der Waals surface area contributed by atoms with Gasteiger partial charge in [0.25, 0.3) is 5.91 Å². The molecule has 0 aliphatic carbocycles. The van der Waals surface area contributed by atoms with Crippen LogP contribution in [0.25, 0.3) is 0 Å². The van der Waals surface area contributed by atoms with Crippen molar-refractivity contribution in [3.8, 4) is 0 Å².